The number of carbonyl (C=O) groups excluding carboxylic acids is 1. The van der Waals surface area contributed by atoms with Crippen molar-refractivity contribution in [2.24, 2.45) is 0 Å². The Kier molecular flexibility index (Phi) is 4.94. The summed E-state index contributed by atoms with van der Waals surface area (Å²) in [6.07, 6.45) is 0. The van der Waals surface area contributed by atoms with Crippen molar-refractivity contribution in [2.75, 3.05) is 6.61 Å². The highest BCUT2D eigenvalue weighted by Gasteiger charge is 2.24. The van der Waals surface area contributed by atoms with Gasteiger partial charge in [-0.3, -0.25) is 4.79 Å². The van der Waals surface area contributed by atoms with Gasteiger partial charge in [0.2, 0.25) is 0 Å². The highest BCUT2D eigenvalue weighted by Crippen LogP contribution is 2.22. The second-order valence-electron chi connectivity index (χ2n) is 4.19. The van der Waals surface area contributed by atoms with Crippen LogP contribution in [0.15, 0.2) is 41.8 Å². The quantitative estimate of drug-likeness (QED) is 0.860. The van der Waals surface area contributed by atoms with Crippen LogP contribution in [-0.2, 0) is 4.79 Å². The normalized spacial score (nSPS) is 11.7. The monoisotopic (exact) mass is 305 g/mol. The van der Waals surface area contributed by atoms with E-state index in [4.69, 9.17) is 4.74 Å². The average Bonchev–Trinajstić information content (AvgIpc) is 2.99. The maximum absolute atomic E-state index is 12.3. The number of hydrogen-bond acceptors (Lipinski definition) is 4. The second kappa shape index (κ2) is 6.90. The summed E-state index contributed by atoms with van der Waals surface area (Å²) < 4.78 is 5.39. The van der Waals surface area contributed by atoms with Crippen LogP contribution in [0.4, 0.5) is 0 Å². The Morgan fingerprint density at radius 3 is 2.67 bits per heavy atom. The molecule has 0 aliphatic heterocycles. The van der Waals surface area contributed by atoms with Gasteiger partial charge < -0.3 is 15.2 Å². The van der Waals surface area contributed by atoms with Crippen LogP contribution in [0.3, 0.4) is 0 Å². The van der Waals surface area contributed by atoms with Gasteiger partial charge in [0, 0.05) is 4.88 Å². The number of amides is 1. The minimum atomic E-state index is -1.10. The molecule has 1 amide bonds. The number of hydrogen-bond donors (Lipinski definition) is 2. The first-order valence-electron chi connectivity index (χ1n) is 6.42. The molecular weight excluding hydrogens is 290 g/mol. The van der Waals surface area contributed by atoms with Crippen molar-refractivity contribution >= 4 is 23.2 Å². The number of carboxylic acid groups (broad SMARTS) is 1. The Balaban J connectivity index is 2.22. The lowest BCUT2D eigenvalue weighted by Gasteiger charge is -2.15. The third-order valence-corrected chi connectivity index (χ3v) is 3.72. The Hall–Kier alpha value is -2.34. The van der Waals surface area contributed by atoms with E-state index in [1.807, 2.05) is 6.92 Å². The number of nitrogens with one attached hydrogen (secondary N) is 1. The van der Waals surface area contributed by atoms with E-state index >= 15 is 0 Å². The molecule has 0 fully saturated rings. The molecule has 5 nitrogen and oxygen atoms in total. The van der Waals surface area contributed by atoms with Crippen molar-refractivity contribution in [1.82, 2.24) is 5.32 Å². The lowest BCUT2D eigenvalue weighted by molar-refractivity contribution is -0.139. The fourth-order valence-corrected chi connectivity index (χ4v) is 2.62. The van der Waals surface area contributed by atoms with Crippen LogP contribution >= 0.6 is 11.3 Å². The molecule has 0 radical (unpaired) electrons. The van der Waals surface area contributed by atoms with Crippen LogP contribution in [0, 0.1) is 0 Å². The third kappa shape index (κ3) is 3.61. The molecule has 0 spiro atoms. The maximum atomic E-state index is 12.3. The van der Waals surface area contributed by atoms with Gasteiger partial charge in [0.1, 0.15) is 5.75 Å². The molecule has 0 bridgehead atoms. The van der Waals surface area contributed by atoms with Gasteiger partial charge in [-0.25, -0.2) is 4.79 Å². The zero-order valence-corrected chi connectivity index (χ0v) is 12.2. The molecule has 1 atom stereocenters. The Bertz CT molecular complexity index is 624. The second-order valence-corrected chi connectivity index (χ2v) is 5.17. The first-order chi connectivity index (χ1) is 10.1. The van der Waals surface area contributed by atoms with Crippen molar-refractivity contribution in [1.29, 1.82) is 0 Å². The van der Waals surface area contributed by atoms with Crippen molar-refractivity contribution in [3.63, 3.8) is 0 Å². The van der Waals surface area contributed by atoms with Crippen LogP contribution in [0.2, 0.25) is 0 Å². The summed E-state index contributed by atoms with van der Waals surface area (Å²) in [6.45, 7) is 2.25. The number of rotatable bonds is 6. The van der Waals surface area contributed by atoms with Crippen LogP contribution < -0.4 is 10.1 Å². The third-order valence-electron chi connectivity index (χ3n) is 2.78. The fourth-order valence-electron chi connectivity index (χ4n) is 1.85. The van der Waals surface area contributed by atoms with Crippen LogP contribution in [-0.4, -0.2) is 23.6 Å². The van der Waals surface area contributed by atoms with Gasteiger partial charge in [-0.2, -0.15) is 0 Å². The highest BCUT2D eigenvalue weighted by molar-refractivity contribution is 7.10. The van der Waals surface area contributed by atoms with Crippen LogP contribution in [0.25, 0.3) is 0 Å². The summed E-state index contributed by atoms with van der Waals surface area (Å²) in [4.78, 5) is 24.2. The van der Waals surface area contributed by atoms with E-state index in [2.05, 4.69) is 5.32 Å². The van der Waals surface area contributed by atoms with E-state index in [9.17, 15) is 14.7 Å². The highest BCUT2D eigenvalue weighted by atomic mass is 32.1. The van der Waals surface area contributed by atoms with Gasteiger partial charge >= 0.3 is 5.97 Å². The molecule has 1 aromatic carbocycles. The van der Waals surface area contributed by atoms with E-state index in [1.165, 1.54) is 11.3 Å². The molecular formula is C15H15NO4S. The van der Waals surface area contributed by atoms with Crippen molar-refractivity contribution < 1.29 is 19.4 Å². The summed E-state index contributed by atoms with van der Waals surface area (Å²) >= 11 is 1.28. The molecule has 2 aromatic rings. The number of carbonyl (C=O) groups is 2. The molecule has 0 saturated carbocycles. The smallest absolute Gasteiger partial charge is 0.331 e. The number of carboxylic acids is 1. The average molecular weight is 305 g/mol. The summed E-state index contributed by atoms with van der Waals surface area (Å²) in [5, 5.41) is 13.6. The largest absolute Gasteiger partial charge is 0.493 e. The summed E-state index contributed by atoms with van der Waals surface area (Å²) in [5.74, 6) is -1.13. The van der Waals surface area contributed by atoms with E-state index < -0.39 is 17.9 Å². The molecule has 110 valence electrons. The number of benzene rings is 1. The minimum Gasteiger partial charge on any atom is -0.493 e. The molecule has 6 heteroatoms. The Morgan fingerprint density at radius 1 is 1.29 bits per heavy atom. The lowest BCUT2D eigenvalue weighted by Crippen LogP contribution is -2.33. The number of aliphatic carboxylic acids is 1. The van der Waals surface area contributed by atoms with Gasteiger partial charge in [0.15, 0.2) is 6.04 Å². The summed E-state index contributed by atoms with van der Waals surface area (Å²) in [5.41, 5.74) is 0.321. The fraction of sp³-hybridized carbons (Fsp3) is 0.200. The molecule has 1 unspecified atom stereocenters. The molecule has 1 heterocycles. The molecule has 2 N–H and O–H groups in total. The van der Waals surface area contributed by atoms with Gasteiger partial charge in [0.25, 0.3) is 5.91 Å². The molecule has 0 aliphatic rings. The molecule has 2 rings (SSSR count). The van der Waals surface area contributed by atoms with E-state index in [0.717, 1.165) is 0 Å². The predicted molar refractivity (Wildman–Crippen MR) is 79.8 cm³/mol. The van der Waals surface area contributed by atoms with E-state index in [-0.39, 0.29) is 0 Å². The van der Waals surface area contributed by atoms with E-state index in [0.29, 0.717) is 22.8 Å². The Labute approximate surface area is 126 Å². The van der Waals surface area contributed by atoms with E-state index in [1.54, 1.807) is 41.8 Å². The molecule has 0 aliphatic carbocycles. The SMILES string of the molecule is CCOc1ccccc1C(=O)NC(C(=O)O)c1cccs1. The molecule has 0 saturated heterocycles. The van der Waals surface area contributed by atoms with Gasteiger partial charge in [-0.15, -0.1) is 11.3 Å². The number of para-hydroxylation sites is 1. The van der Waals surface area contributed by atoms with Crippen molar-refractivity contribution in [3.05, 3.63) is 52.2 Å². The van der Waals surface area contributed by atoms with Crippen LogP contribution in [0.1, 0.15) is 28.2 Å². The van der Waals surface area contributed by atoms with Gasteiger partial charge in [-0.05, 0) is 30.5 Å². The number of ether oxygens (including phenoxy) is 1. The minimum absolute atomic E-state index is 0.321. The number of thiophene rings is 1. The Morgan fingerprint density at radius 2 is 2.05 bits per heavy atom. The zero-order valence-electron chi connectivity index (χ0n) is 11.4. The lowest BCUT2D eigenvalue weighted by atomic mass is 10.1. The molecule has 1 aromatic heterocycles. The van der Waals surface area contributed by atoms with Gasteiger partial charge in [-0.1, -0.05) is 18.2 Å². The van der Waals surface area contributed by atoms with Gasteiger partial charge in [0.05, 0.1) is 12.2 Å². The first kappa shape index (κ1) is 15.1. The predicted octanol–water partition coefficient (Wildman–Crippen LogP) is 2.70. The van der Waals surface area contributed by atoms with Crippen molar-refractivity contribution in [3.8, 4) is 5.75 Å². The van der Waals surface area contributed by atoms with Crippen molar-refractivity contribution in [2.45, 2.75) is 13.0 Å². The zero-order chi connectivity index (χ0) is 15.2. The standard InChI is InChI=1S/C15H15NO4S/c1-2-20-11-7-4-3-6-10(11)14(17)16-13(15(18)19)12-8-5-9-21-12/h3-9,13H,2H2,1H3,(H,16,17)(H,18,19). The summed E-state index contributed by atoms with van der Waals surface area (Å²) in [6, 6.07) is 9.11. The molecule has 21 heavy (non-hydrogen) atoms. The van der Waals surface area contributed by atoms with Crippen LogP contribution in [0.5, 0.6) is 5.75 Å². The first-order valence-corrected chi connectivity index (χ1v) is 7.30. The topological polar surface area (TPSA) is 75.6 Å². The summed E-state index contributed by atoms with van der Waals surface area (Å²) in [7, 11) is 0. The maximum Gasteiger partial charge on any atom is 0.331 e.